The molecule has 0 heterocycles. The molecule has 12 heteroatoms. The molecule has 0 atom stereocenters. The summed E-state index contributed by atoms with van der Waals surface area (Å²) in [5.41, 5.74) is 0. The fraction of sp³-hybridized carbons (Fsp3) is 0.350. The summed E-state index contributed by atoms with van der Waals surface area (Å²) in [7, 11) is -8.55. The second kappa shape index (κ2) is 18.9. The average Bonchev–Trinajstić information content (AvgIpc) is 3.13. The lowest BCUT2D eigenvalue weighted by molar-refractivity contribution is -0.123. The molecule has 9 nitrogen and oxygen atoms in total. The Bertz CT molecular complexity index is 1510. The summed E-state index contributed by atoms with van der Waals surface area (Å²) < 4.78 is 36.2. The Balaban J connectivity index is 1.21. The molecule has 52 heavy (non-hydrogen) atoms. The third-order valence-corrected chi connectivity index (χ3v) is 19.8. The number of carbonyl (C=O) groups excluding carboxylic acids is 2. The van der Waals surface area contributed by atoms with E-state index >= 15 is 0 Å². The second-order valence-corrected chi connectivity index (χ2v) is 24.2. The topological polar surface area (TPSA) is 112 Å². The summed E-state index contributed by atoms with van der Waals surface area (Å²) in [6.45, 7) is 13.2. The number of carbonyl (C=O) groups is 2. The highest BCUT2D eigenvalue weighted by atomic mass is 31.1. The van der Waals surface area contributed by atoms with Crippen molar-refractivity contribution in [3.63, 3.8) is 0 Å². The minimum atomic E-state index is -3.09. The Morgan fingerprint density at radius 1 is 0.519 bits per heavy atom. The van der Waals surface area contributed by atoms with E-state index in [2.05, 4.69) is 101 Å². The van der Waals surface area contributed by atoms with Crippen molar-refractivity contribution in [1.29, 1.82) is 0 Å². The van der Waals surface area contributed by atoms with Gasteiger partial charge >= 0.3 is 8.25 Å². The van der Waals surface area contributed by atoms with Gasteiger partial charge in [0, 0.05) is 13.1 Å². The Kier molecular flexibility index (Phi) is 14.9. The normalized spacial score (nSPS) is 12.4. The quantitative estimate of drug-likeness (QED) is 0.0853. The smallest absolute Gasteiger partial charge is 0.320 e. The summed E-state index contributed by atoms with van der Waals surface area (Å²) in [6, 6.07) is 41.0. The van der Waals surface area contributed by atoms with E-state index in [-0.39, 0.29) is 36.4 Å². The summed E-state index contributed by atoms with van der Waals surface area (Å²) >= 11 is 0. The third-order valence-electron chi connectivity index (χ3n) is 8.96. The molecule has 4 aromatic carbocycles. The molecule has 0 saturated heterocycles. The summed E-state index contributed by atoms with van der Waals surface area (Å²) in [4.78, 5) is 25.1. The maximum absolute atomic E-state index is 12.5. The third kappa shape index (κ3) is 10.3. The van der Waals surface area contributed by atoms with Crippen molar-refractivity contribution < 1.29 is 32.1 Å². The first kappa shape index (κ1) is 41.1. The van der Waals surface area contributed by atoms with Crippen LogP contribution in [0.2, 0.25) is 10.1 Å². The number of nitrogens with one attached hydrogen (secondary N) is 2. The molecule has 0 aliphatic heterocycles. The van der Waals surface area contributed by atoms with Crippen molar-refractivity contribution in [3.05, 3.63) is 121 Å². The van der Waals surface area contributed by atoms with Crippen molar-refractivity contribution >= 4 is 57.5 Å². The number of amides is 2. The van der Waals surface area contributed by atoms with Crippen LogP contribution in [-0.4, -0.2) is 68.0 Å². The van der Waals surface area contributed by atoms with E-state index in [1.54, 1.807) is 0 Å². The lowest BCUT2D eigenvalue weighted by Crippen LogP contribution is -2.67. The van der Waals surface area contributed by atoms with Gasteiger partial charge in [0.25, 0.3) is 16.6 Å². The van der Waals surface area contributed by atoms with Crippen LogP contribution in [0.5, 0.6) is 0 Å². The van der Waals surface area contributed by atoms with Crippen molar-refractivity contribution in [2.45, 2.75) is 51.6 Å². The van der Waals surface area contributed by atoms with Crippen LogP contribution in [0.1, 0.15) is 41.5 Å². The first-order valence-corrected chi connectivity index (χ1v) is 22.7. The summed E-state index contributed by atoms with van der Waals surface area (Å²) in [6.07, 6.45) is 0. The Hall–Kier alpha value is -3.68. The van der Waals surface area contributed by atoms with Gasteiger partial charge < -0.3 is 28.5 Å². The van der Waals surface area contributed by atoms with Crippen LogP contribution in [0.25, 0.3) is 0 Å². The highest BCUT2D eigenvalue weighted by molar-refractivity contribution is 7.33. The Morgan fingerprint density at radius 3 is 1.04 bits per heavy atom. The molecule has 0 radical (unpaired) electrons. The largest absolute Gasteiger partial charge is 0.406 e. The zero-order valence-electron chi connectivity index (χ0n) is 31.1. The molecule has 0 fully saturated rings. The van der Waals surface area contributed by atoms with Crippen LogP contribution in [0.15, 0.2) is 121 Å². The van der Waals surface area contributed by atoms with Gasteiger partial charge in [-0.25, -0.2) is 0 Å². The van der Waals surface area contributed by atoms with E-state index in [9.17, 15) is 14.2 Å². The monoisotopic (exact) mass is 760 g/mol. The molecule has 0 aliphatic carbocycles. The van der Waals surface area contributed by atoms with Gasteiger partial charge in [-0.1, -0.05) is 163 Å². The second-order valence-electron chi connectivity index (χ2n) is 14.6. The van der Waals surface area contributed by atoms with Gasteiger partial charge in [-0.05, 0) is 30.8 Å². The molecule has 4 rings (SSSR count). The molecule has 4 aromatic rings. The zero-order valence-corrected chi connectivity index (χ0v) is 34.1. The van der Waals surface area contributed by atoms with Gasteiger partial charge in [0.2, 0.25) is 11.8 Å². The standard InChI is InChI=1S/C40H53N2O7PSi2/c1-39(2,3)51(33-19-11-7-12-20-33,34-21-13-8-14-22-34)48-29-27-41-37(43)31-46-50(45)47-32-38(44)42-28-30-49-52(40(4,5)6,35-23-15-9-16-24-35)36-25-17-10-18-26-36/h7-26,50H,27-32H2,1-6H3,(H,41,43)(H,42,44). The minimum absolute atomic E-state index is 0.192. The van der Waals surface area contributed by atoms with Gasteiger partial charge in [-0.15, -0.1) is 0 Å². The van der Waals surface area contributed by atoms with Crippen LogP contribution in [0, 0.1) is 0 Å². The SMILES string of the molecule is CC(C)(C)[Si](OCCNC(=O)CO[PH](=O)OCC(=O)NCCO[Si](c1ccccc1)(c1ccccc1)C(C)(C)C)(c1ccccc1)c1ccccc1. The molecule has 0 aromatic heterocycles. The molecule has 278 valence electrons. The predicted octanol–water partition coefficient (Wildman–Crippen LogP) is 4.79. The number of benzene rings is 4. The van der Waals surface area contributed by atoms with Gasteiger partial charge in [0.05, 0.1) is 13.2 Å². The van der Waals surface area contributed by atoms with Gasteiger partial charge in [-0.3, -0.25) is 14.2 Å². The Labute approximate surface area is 311 Å². The molecular formula is C40H53N2O7PSi2. The van der Waals surface area contributed by atoms with Crippen molar-refractivity contribution in [1.82, 2.24) is 10.6 Å². The van der Waals surface area contributed by atoms with Crippen LogP contribution < -0.4 is 31.4 Å². The van der Waals surface area contributed by atoms with Gasteiger partial charge in [-0.2, -0.15) is 0 Å². The fourth-order valence-electron chi connectivity index (χ4n) is 6.70. The summed E-state index contributed by atoms with van der Waals surface area (Å²) in [5, 5.41) is 9.76. The maximum Gasteiger partial charge on any atom is 0.320 e. The molecule has 0 bridgehead atoms. The molecule has 0 saturated carbocycles. The first-order chi connectivity index (χ1) is 24.8. The van der Waals surface area contributed by atoms with E-state index in [1.807, 2.05) is 72.8 Å². The lowest BCUT2D eigenvalue weighted by Gasteiger charge is -2.43. The van der Waals surface area contributed by atoms with Gasteiger partial charge in [0.1, 0.15) is 13.2 Å². The van der Waals surface area contributed by atoms with E-state index in [1.165, 1.54) is 0 Å². The molecular weight excluding hydrogens is 708 g/mol. The first-order valence-electron chi connectivity index (χ1n) is 17.6. The lowest BCUT2D eigenvalue weighted by atomic mass is 10.2. The molecule has 0 aliphatic rings. The maximum atomic E-state index is 12.5. The van der Waals surface area contributed by atoms with Crippen molar-refractivity contribution in [2.24, 2.45) is 0 Å². The zero-order chi connectivity index (χ0) is 37.7. The minimum Gasteiger partial charge on any atom is -0.406 e. The molecule has 2 amide bonds. The number of hydrogen-bond donors (Lipinski definition) is 2. The van der Waals surface area contributed by atoms with E-state index in [4.69, 9.17) is 17.9 Å². The van der Waals surface area contributed by atoms with Crippen LogP contribution in [0.4, 0.5) is 0 Å². The van der Waals surface area contributed by atoms with Crippen molar-refractivity contribution in [2.75, 3.05) is 39.5 Å². The van der Waals surface area contributed by atoms with E-state index in [0.29, 0.717) is 0 Å². The van der Waals surface area contributed by atoms with Crippen molar-refractivity contribution in [3.8, 4) is 0 Å². The van der Waals surface area contributed by atoms with Gasteiger partial charge in [0.15, 0.2) is 0 Å². The highest BCUT2D eigenvalue weighted by Gasteiger charge is 2.51. The Morgan fingerprint density at radius 2 is 0.788 bits per heavy atom. The fourth-order valence-corrected chi connectivity index (χ4v) is 16.4. The molecule has 0 spiro atoms. The highest BCUT2D eigenvalue weighted by Crippen LogP contribution is 2.37. The predicted molar refractivity (Wildman–Crippen MR) is 214 cm³/mol. The van der Waals surface area contributed by atoms with Crippen LogP contribution in [0.3, 0.4) is 0 Å². The average molecular weight is 761 g/mol. The molecule has 0 unspecified atom stereocenters. The number of hydrogen-bond acceptors (Lipinski definition) is 7. The number of rotatable bonds is 18. The van der Waals surface area contributed by atoms with E-state index < -0.39 is 49.9 Å². The van der Waals surface area contributed by atoms with E-state index in [0.717, 1.165) is 20.7 Å². The van der Waals surface area contributed by atoms with Crippen LogP contribution in [-0.2, 0) is 32.1 Å². The summed E-state index contributed by atoms with van der Waals surface area (Å²) in [5.74, 6) is -0.921. The molecule has 2 N–H and O–H groups in total. The van der Waals surface area contributed by atoms with Crippen LogP contribution >= 0.6 is 8.25 Å².